The Labute approximate surface area is 165 Å². The molecular weight excluding hydrogens is 370 g/mol. The van der Waals surface area contributed by atoms with Crippen LogP contribution in [0, 0.1) is 6.92 Å². The van der Waals surface area contributed by atoms with Crippen molar-refractivity contribution >= 4 is 28.8 Å². The second-order valence-electron chi connectivity index (χ2n) is 6.60. The summed E-state index contributed by atoms with van der Waals surface area (Å²) in [5.74, 6) is 2.17. The van der Waals surface area contributed by atoms with Gasteiger partial charge in [0.05, 0.1) is 16.7 Å². The zero-order valence-electron chi connectivity index (χ0n) is 15.5. The molecule has 3 heterocycles. The second kappa shape index (κ2) is 6.83. The van der Waals surface area contributed by atoms with Gasteiger partial charge in [-0.1, -0.05) is 18.2 Å². The molecular formula is C21H17N5O3. The Morgan fingerprint density at radius 1 is 1.17 bits per heavy atom. The molecule has 0 aliphatic carbocycles. The molecule has 29 heavy (non-hydrogen) atoms. The zero-order chi connectivity index (χ0) is 19.8. The lowest BCUT2D eigenvalue weighted by molar-refractivity contribution is -0.111. The number of carbonyl (C=O) groups excluding carboxylic acids is 1. The summed E-state index contributed by atoms with van der Waals surface area (Å²) in [6, 6.07) is 15.0. The van der Waals surface area contributed by atoms with E-state index in [2.05, 4.69) is 20.4 Å². The number of anilines is 1. The molecule has 0 saturated heterocycles. The molecule has 2 N–H and O–H groups in total. The van der Waals surface area contributed by atoms with Crippen LogP contribution >= 0.6 is 0 Å². The zero-order valence-corrected chi connectivity index (χ0v) is 15.5. The summed E-state index contributed by atoms with van der Waals surface area (Å²) in [5.41, 5.74) is 3.33. The molecule has 8 heteroatoms. The molecule has 0 unspecified atom stereocenters. The van der Waals surface area contributed by atoms with Crippen LogP contribution in [-0.2, 0) is 4.79 Å². The average Bonchev–Trinajstić information content (AvgIpc) is 3.43. The number of amides is 1. The van der Waals surface area contributed by atoms with Gasteiger partial charge in [0, 0.05) is 12.1 Å². The van der Waals surface area contributed by atoms with Gasteiger partial charge >= 0.3 is 0 Å². The van der Waals surface area contributed by atoms with Crippen LogP contribution < -0.4 is 14.8 Å². The fraction of sp³-hybridized carbons (Fsp3) is 0.0952. The van der Waals surface area contributed by atoms with Crippen molar-refractivity contribution in [1.29, 1.82) is 0 Å². The topological polar surface area (TPSA) is 94.1 Å². The van der Waals surface area contributed by atoms with Gasteiger partial charge in [0.1, 0.15) is 5.82 Å². The molecule has 0 saturated carbocycles. The number of aryl methyl sites for hydroxylation is 1. The third kappa shape index (κ3) is 3.31. The second-order valence-corrected chi connectivity index (χ2v) is 6.60. The normalized spacial score (nSPS) is 12.7. The Balaban J connectivity index is 1.37. The first-order valence-corrected chi connectivity index (χ1v) is 9.06. The van der Waals surface area contributed by atoms with Crippen LogP contribution in [0.2, 0.25) is 0 Å². The van der Waals surface area contributed by atoms with E-state index in [0.29, 0.717) is 23.3 Å². The maximum Gasteiger partial charge on any atom is 0.249 e. The van der Waals surface area contributed by atoms with Gasteiger partial charge in [0.15, 0.2) is 11.5 Å². The molecule has 8 nitrogen and oxygen atoms in total. The van der Waals surface area contributed by atoms with Gasteiger partial charge in [-0.05, 0) is 42.8 Å². The maximum absolute atomic E-state index is 12.5. The van der Waals surface area contributed by atoms with Gasteiger partial charge in [-0.2, -0.15) is 9.78 Å². The van der Waals surface area contributed by atoms with Crippen LogP contribution in [0.3, 0.4) is 0 Å². The predicted octanol–water partition coefficient (Wildman–Crippen LogP) is 3.44. The van der Waals surface area contributed by atoms with Gasteiger partial charge in [-0.25, -0.2) is 4.98 Å². The van der Waals surface area contributed by atoms with Crippen molar-refractivity contribution in [2.24, 2.45) is 0 Å². The molecule has 1 aliphatic rings. The lowest BCUT2D eigenvalue weighted by atomic mass is 10.2. The fourth-order valence-electron chi connectivity index (χ4n) is 3.15. The standard InChI is InChI=1S/C21H17N5O3/c1-13-10-19(26(25-13)21-22-15-4-2-3-5-16(15)23-21)24-20(27)9-7-14-6-8-17-18(11-14)29-12-28-17/h2-11H,12H2,1H3,(H,22,23)(H,24,27). The van der Waals surface area contributed by atoms with Crippen molar-refractivity contribution in [2.45, 2.75) is 6.92 Å². The molecule has 2 aromatic heterocycles. The van der Waals surface area contributed by atoms with E-state index in [-0.39, 0.29) is 12.7 Å². The number of aromatic amines is 1. The molecule has 1 aliphatic heterocycles. The first-order valence-electron chi connectivity index (χ1n) is 9.06. The smallest absolute Gasteiger partial charge is 0.249 e. The van der Waals surface area contributed by atoms with Crippen molar-refractivity contribution in [1.82, 2.24) is 19.7 Å². The number of fused-ring (bicyclic) bond motifs is 2. The van der Waals surface area contributed by atoms with E-state index in [1.54, 1.807) is 16.8 Å². The van der Waals surface area contributed by atoms with Crippen molar-refractivity contribution in [2.75, 3.05) is 12.1 Å². The predicted molar refractivity (Wildman–Crippen MR) is 108 cm³/mol. The number of rotatable bonds is 4. The van der Waals surface area contributed by atoms with Crippen LogP contribution in [-0.4, -0.2) is 32.4 Å². The van der Waals surface area contributed by atoms with Crippen LogP contribution in [0.15, 0.2) is 54.6 Å². The monoisotopic (exact) mass is 387 g/mol. The summed E-state index contributed by atoms with van der Waals surface area (Å²) >= 11 is 0. The molecule has 144 valence electrons. The number of carbonyl (C=O) groups is 1. The lowest BCUT2D eigenvalue weighted by Crippen LogP contribution is -2.13. The third-order valence-electron chi connectivity index (χ3n) is 4.48. The largest absolute Gasteiger partial charge is 0.454 e. The molecule has 0 spiro atoms. The number of hydrogen-bond donors (Lipinski definition) is 2. The Kier molecular flexibility index (Phi) is 4.02. The maximum atomic E-state index is 12.5. The highest BCUT2D eigenvalue weighted by molar-refractivity contribution is 6.01. The number of benzene rings is 2. The van der Waals surface area contributed by atoms with Crippen LogP contribution in [0.5, 0.6) is 11.5 Å². The minimum absolute atomic E-state index is 0.216. The van der Waals surface area contributed by atoms with Gasteiger partial charge < -0.3 is 19.8 Å². The van der Waals surface area contributed by atoms with Crippen molar-refractivity contribution in [3.8, 4) is 17.4 Å². The van der Waals surface area contributed by atoms with E-state index >= 15 is 0 Å². The van der Waals surface area contributed by atoms with Crippen LogP contribution in [0.1, 0.15) is 11.3 Å². The van der Waals surface area contributed by atoms with Crippen LogP contribution in [0.25, 0.3) is 23.1 Å². The molecule has 1 amide bonds. The Morgan fingerprint density at radius 2 is 2.03 bits per heavy atom. The van der Waals surface area contributed by atoms with E-state index < -0.39 is 0 Å². The van der Waals surface area contributed by atoms with E-state index in [0.717, 1.165) is 22.3 Å². The van der Waals surface area contributed by atoms with Gasteiger partial charge in [0.25, 0.3) is 0 Å². The summed E-state index contributed by atoms with van der Waals surface area (Å²) < 4.78 is 12.2. The summed E-state index contributed by atoms with van der Waals surface area (Å²) in [6.45, 7) is 2.07. The van der Waals surface area contributed by atoms with E-state index in [4.69, 9.17) is 9.47 Å². The van der Waals surface area contributed by atoms with Gasteiger partial charge in [0.2, 0.25) is 18.6 Å². The third-order valence-corrected chi connectivity index (χ3v) is 4.48. The van der Waals surface area contributed by atoms with Crippen molar-refractivity contribution in [3.05, 3.63) is 65.9 Å². The molecule has 0 bridgehead atoms. The summed E-state index contributed by atoms with van der Waals surface area (Å²) in [6.07, 6.45) is 3.18. The molecule has 4 aromatic rings. The Bertz CT molecular complexity index is 1220. The minimum Gasteiger partial charge on any atom is -0.454 e. The molecule has 0 atom stereocenters. The average molecular weight is 387 g/mol. The van der Waals surface area contributed by atoms with Crippen molar-refractivity contribution in [3.63, 3.8) is 0 Å². The van der Waals surface area contributed by atoms with E-state index in [9.17, 15) is 4.79 Å². The summed E-state index contributed by atoms with van der Waals surface area (Å²) in [4.78, 5) is 20.2. The Hall–Kier alpha value is -4.07. The summed E-state index contributed by atoms with van der Waals surface area (Å²) in [5, 5.41) is 7.30. The first-order chi connectivity index (χ1) is 14.2. The lowest BCUT2D eigenvalue weighted by Gasteiger charge is -2.04. The fourth-order valence-corrected chi connectivity index (χ4v) is 3.15. The molecule has 0 fully saturated rings. The molecule has 0 radical (unpaired) electrons. The Morgan fingerprint density at radius 3 is 2.93 bits per heavy atom. The number of nitrogens with zero attached hydrogens (tertiary/aromatic N) is 3. The molecule has 5 rings (SSSR count). The van der Waals surface area contributed by atoms with Crippen molar-refractivity contribution < 1.29 is 14.3 Å². The van der Waals surface area contributed by atoms with Gasteiger partial charge in [-0.15, -0.1) is 0 Å². The number of imidazole rings is 1. The molecule has 2 aromatic carbocycles. The summed E-state index contributed by atoms with van der Waals surface area (Å²) in [7, 11) is 0. The SMILES string of the molecule is Cc1cc(NC(=O)C=Cc2ccc3c(c2)OCO3)n(-c2nc3ccccc3[nH]2)n1. The number of ether oxygens (including phenoxy) is 2. The number of nitrogens with one attached hydrogen (secondary N) is 2. The highest BCUT2D eigenvalue weighted by Gasteiger charge is 2.14. The number of hydrogen-bond acceptors (Lipinski definition) is 5. The quantitative estimate of drug-likeness (QED) is 0.523. The van der Waals surface area contributed by atoms with Gasteiger partial charge in [-0.3, -0.25) is 4.79 Å². The highest BCUT2D eigenvalue weighted by Crippen LogP contribution is 2.32. The van der Waals surface area contributed by atoms with E-state index in [1.807, 2.05) is 49.4 Å². The van der Waals surface area contributed by atoms with E-state index in [1.165, 1.54) is 6.08 Å². The number of para-hydroxylation sites is 2. The minimum atomic E-state index is -0.278. The first kappa shape index (κ1) is 17.1. The number of aromatic nitrogens is 4. The van der Waals surface area contributed by atoms with Crippen LogP contribution in [0.4, 0.5) is 5.82 Å². The number of H-pyrrole nitrogens is 1. The highest BCUT2D eigenvalue weighted by atomic mass is 16.7.